The minimum atomic E-state index is -0.550. The number of halogens is 1. The molecule has 0 saturated heterocycles. The average molecular weight is 408 g/mol. The van der Waals surface area contributed by atoms with Gasteiger partial charge in [-0.15, -0.1) is 0 Å². The third kappa shape index (κ3) is 4.69. The maximum Gasteiger partial charge on any atom is 0.290 e. The van der Waals surface area contributed by atoms with Crippen LogP contribution in [0.15, 0.2) is 48.5 Å². The Morgan fingerprint density at radius 2 is 1.80 bits per heavy atom. The zero-order valence-electron chi connectivity index (χ0n) is 15.8. The quantitative estimate of drug-likeness (QED) is 0.561. The van der Waals surface area contributed by atoms with E-state index in [9.17, 15) is 14.4 Å². The van der Waals surface area contributed by atoms with E-state index >= 15 is 0 Å². The molecule has 1 aromatic heterocycles. The molecular weight excluding hydrogens is 391 g/mol. The molecule has 1 heterocycles. The summed E-state index contributed by atoms with van der Waals surface area (Å²) < 4.78 is 19.0. The van der Waals surface area contributed by atoms with Crippen molar-refractivity contribution >= 4 is 18.2 Å². The van der Waals surface area contributed by atoms with Gasteiger partial charge in [0.1, 0.15) is 17.5 Å². The van der Waals surface area contributed by atoms with Gasteiger partial charge in [-0.1, -0.05) is 12.1 Å². The Balaban J connectivity index is 0.00000101. The van der Waals surface area contributed by atoms with Gasteiger partial charge < -0.3 is 21.3 Å². The van der Waals surface area contributed by atoms with Crippen LogP contribution in [0.2, 0.25) is 0 Å². The fourth-order valence-electron chi connectivity index (χ4n) is 2.70. The van der Waals surface area contributed by atoms with Crippen LogP contribution in [0.5, 0.6) is 5.75 Å². The molecule has 9 heteroatoms. The molecule has 30 heavy (non-hydrogen) atoms. The zero-order valence-corrected chi connectivity index (χ0v) is 15.8. The van der Waals surface area contributed by atoms with E-state index in [4.69, 9.17) is 26.1 Å². The van der Waals surface area contributed by atoms with Crippen LogP contribution in [0.1, 0.15) is 15.9 Å². The van der Waals surface area contributed by atoms with E-state index in [1.165, 1.54) is 19.2 Å². The van der Waals surface area contributed by atoms with Crippen LogP contribution < -0.4 is 16.2 Å². The van der Waals surface area contributed by atoms with Gasteiger partial charge in [0.15, 0.2) is 11.6 Å². The minimum Gasteiger partial charge on any atom is -0.494 e. The fourth-order valence-corrected chi connectivity index (χ4v) is 2.70. The summed E-state index contributed by atoms with van der Waals surface area (Å²) in [6.45, 7) is -0.250. The van der Waals surface area contributed by atoms with Gasteiger partial charge >= 0.3 is 0 Å². The molecule has 0 aliphatic rings. The molecule has 152 valence electrons. The number of carboxylic acid groups (broad SMARTS) is 1. The van der Waals surface area contributed by atoms with Gasteiger partial charge in [0.25, 0.3) is 6.47 Å². The molecule has 0 radical (unpaired) electrons. The lowest BCUT2D eigenvalue weighted by Gasteiger charge is -2.11. The van der Waals surface area contributed by atoms with Crippen LogP contribution in [0.3, 0.4) is 0 Å². The van der Waals surface area contributed by atoms with E-state index in [1.807, 2.05) is 6.07 Å². The molecule has 3 rings (SSSR count). The smallest absolute Gasteiger partial charge is 0.290 e. The molecule has 8 nitrogen and oxygen atoms in total. The maximum atomic E-state index is 14.0. The third-order valence-electron chi connectivity index (χ3n) is 4.09. The van der Waals surface area contributed by atoms with Crippen LogP contribution in [0.25, 0.3) is 22.4 Å². The van der Waals surface area contributed by atoms with Crippen LogP contribution in [0, 0.1) is 17.1 Å². The third-order valence-corrected chi connectivity index (χ3v) is 4.09. The number of carbonyl (C=O) groups excluding carboxylic acids is 1. The van der Waals surface area contributed by atoms with Crippen molar-refractivity contribution < 1.29 is 23.8 Å². The van der Waals surface area contributed by atoms with Crippen LogP contribution >= 0.6 is 0 Å². The molecule has 0 unspecified atom stereocenters. The molecule has 2 aromatic carbocycles. The molecule has 0 atom stereocenters. The first-order valence-corrected chi connectivity index (χ1v) is 8.38. The van der Waals surface area contributed by atoms with Gasteiger partial charge in [-0.25, -0.2) is 9.37 Å². The Hall–Kier alpha value is -4.45. The number of primary amides is 1. The first kappa shape index (κ1) is 21.8. The van der Waals surface area contributed by atoms with Crippen LogP contribution in [0.4, 0.5) is 10.2 Å². The highest BCUT2D eigenvalue weighted by atomic mass is 19.1. The number of ether oxygens (including phenoxy) is 1. The molecule has 3 aromatic rings. The second-order valence-electron chi connectivity index (χ2n) is 5.82. The number of nitrogens with zero attached hydrogens (tertiary/aromatic N) is 2. The standard InChI is InChI=1S/C20H15FN4O2.CH2O2/c1-27-18-7-6-13(8-16(18)21)17-9-14(15(10-22)19(23)25-17)11-2-4-12(5-3-11)20(24)26;2-1-3/h2-9H,1H3,(H2,23,25)(H2,24,26);1H,(H,2,3). The number of rotatable bonds is 4. The van der Waals surface area contributed by atoms with Gasteiger partial charge in [0.2, 0.25) is 5.91 Å². The first-order valence-electron chi connectivity index (χ1n) is 8.38. The van der Waals surface area contributed by atoms with Crippen molar-refractivity contribution in [2.75, 3.05) is 12.8 Å². The average Bonchev–Trinajstić information content (AvgIpc) is 2.73. The molecule has 0 bridgehead atoms. The lowest BCUT2D eigenvalue weighted by molar-refractivity contribution is -0.122. The monoisotopic (exact) mass is 408 g/mol. The first-order chi connectivity index (χ1) is 14.4. The van der Waals surface area contributed by atoms with Crippen molar-refractivity contribution in [2.24, 2.45) is 5.73 Å². The van der Waals surface area contributed by atoms with Gasteiger partial charge in [0, 0.05) is 16.7 Å². The Morgan fingerprint density at radius 3 is 2.30 bits per heavy atom. The summed E-state index contributed by atoms with van der Waals surface area (Å²) in [5.41, 5.74) is 13.8. The predicted octanol–water partition coefficient (Wildman–Crippen LogP) is 2.82. The topological polar surface area (TPSA) is 152 Å². The number of carbonyl (C=O) groups is 2. The number of methoxy groups -OCH3 is 1. The largest absolute Gasteiger partial charge is 0.494 e. The van der Waals surface area contributed by atoms with Crippen molar-refractivity contribution in [3.8, 4) is 34.2 Å². The molecule has 0 saturated carbocycles. The number of nitriles is 1. The Bertz CT molecular complexity index is 1130. The number of nitrogens with two attached hydrogens (primary N) is 2. The van der Waals surface area contributed by atoms with Crippen molar-refractivity contribution in [2.45, 2.75) is 0 Å². The Labute approximate surface area is 171 Å². The highest BCUT2D eigenvalue weighted by molar-refractivity contribution is 5.93. The van der Waals surface area contributed by atoms with E-state index in [-0.39, 0.29) is 23.6 Å². The fraction of sp³-hybridized carbons (Fsp3) is 0.0476. The van der Waals surface area contributed by atoms with Gasteiger partial charge in [-0.3, -0.25) is 9.59 Å². The van der Waals surface area contributed by atoms with E-state index in [0.29, 0.717) is 27.9 Å². The molecule has 0 aliphatic carbocycles. The molecule has 0 fully saturated rings. The summed E-state index contributed by atoms with van der Waals surface area (Å²) >= 11 is 0. The van der Waals surface area contributed by atoms with Crippen molar-refractivity contribution in [1.82, 2.24) is 4.98 Å². The van der Waals surface area contributed by atoms with Gasteiger partial charge in [-0.2, -0.15) is 5.26 Å². The number of nitrogen functional groups attached to an aromatic ring is 1. The summed E-state index contributed by atoms with van der Waals surface area (Å²) in [6, 6.07) is 14.5. The highest BCUT2D eigenvalue weighted by Gasteiger charge is 2.15. The SMILES string of the molecule is COc1ccc(-c2cc(-c3ccc(C(N)=O)cc3)c(C#N)c(N)n2)cc1F.O=CO. The van der Waals surface area contributed by atoms with E-state index in [2.05, 4.69) is 4.98 Å². The van der Waals surface area contributed by atoms with Crippen LogP contribution in [-0.4, -0.2) is 29.6 Å². The summed E-state index contributed by atoms with van der Waals surface area (Å²) in [7, 11) is 1.38. The zero-order chi connectivity index (χ0) is 22.3. The number of hydrogen-bond acceptors (Lipinski definition) is 6. The molecule has 0 aliphatic heterocycles. The number of benzene rings is 2. The van der Waals surface area contributed by atoms with E-state index < -0.39 is 11.7 Å². The van der Waals surface area contributed by atoms with E-state index in [0.717, 1.165) is 0 Å². The number of amides is 1. The van der Waals surface area contributed by atoms with Crippen LogP contribution in [-0.2, 0) is 4.79 Å². The lowest BCUT2D eigenvalue weighted by Crippen LogP contribution is -2.10. The summed E-state index contributed by atoms with van der Waals surface area (Å²) in [6.07, 6.45) is 0. The Morgan fingerprint density at radius 1 is 1.20 bits per heavy atom. The second kappa shape index (κ2) is 9.66. The molecule has 5 N–H and O–H groups in total. The minimum absolute atomic E-state index is 0.0280. The number of pyridine rings is 1. The van der Waals surface area contributed by atoms with Crippen molar-refractivity contribution in [3.05, 3.63) is 65.5 Å². The second-order valence-corrected chi connectivity index (χ2v) is 5.82. The van der Waals surface area contributed by atoms with Gasteiger partial charge in [-0.05, 0) is 42.0 Å². The predicted molar refractivity (Wildman–Crippen MR) is 108 cm³/mol. The van der Waals surface area contributed by atoms with E-state index in [1.54, 1.807) is 36.4 Å². The lowest BCUT2D eigenvalue weighted by atomic mass is 9.97. The van der Waals surface area contributed by atoms with Crippen molar-refractivity contribution in [3.63, 3.8) is 0 Å². The molecular formula is C21H17FN4O4. The maximum absolute atomic E-state index is 14.0. The normalized spacial score (nSPS) is 9.63. The summed E-state index contributed by atoms with van der Waals surface area (Å²) in [5, 5.41) is 16.3. The van der Waals surface area contributed by atoms with Crippen molar-refractivity contribution in [1.29, 1.82) is 5.26 Å². The summed E-state index contributed by atoms with van der Waals surface area (Å²) in [5.74, 6) is -0.944. The Kier molecular flexibility index (Phi) is 7.03. The number of hydrogen-bond donors (Lipinski definition) is 3. The van der Waals surface area contributed by atoms with Gasteiger partial charge in [0.05, 0.1) is 12.8 Å². The number of anilines is 1. The molecule has 1 amide bonds. The summed E-state index contributed by atoms with van der Waals surface area (Å²) in [4.78, 5) is 23.8. The number of aromatic nitrogens is 1. The highest BCUT2D eigenvalue weighted by Crippen LogP contribution is 2.32. The molecule has 0 spiro atoms.